The van der Waals surface area contributed by atoms with Gasteiger partial charge in [-0.1, -0.05) is 5.92 Å². The molecule has 0 amide bonds. The van der Waals surface area contributed by atoms with Crippen LogP contribution in [0.5, 0.6) is 0 Å². The van der Waals surface area contributed by atoms with E-state index in [-0.39, 0.29) is 0 Å². The van der Waals surface area contributed by atoms with Crippen molar-refractivity contribution in [2.75, 3.05) is 6.61 Å². The Labute approximate surface area is 66.4 Å². The Bertz CT molecular complexity index is 174. The maximum absolute atomic E-state index is 10.5. The van der Waals surface area contributed by atoms with Gasteiger partial charge in [0.2, 0.25) is 0 Å². The van der Waals surface area contributed by atoms with Crippen molar-refractivity contribution in [2.24, 2.45) is 0 Å². The normalized spacial score (nSPS) is 11.2. The Morgan fingerprint density at radius 3 is 2.82 bits per heavy atom. The van der Waals surface area contributed by atoms with Crippen LogP contribution in [0.2, 0.25) is 0 Å². The van der Waals surface area contributed by atoms with Gasteiger partial charge in [0.25, 0.3) is 0 Å². The number of carbonyl (C=O) groups is 1. The molecule has 0 spiro atoms. The van der Waals surface area contributed by atoms with Crippen LogP contribution in [0.25, 0.3) is 0 Å². The molecule has 62 valence electrons. The smallest absolute Gasteiger partial charge is 0.384 e. The predicted molar refractivity (Wildman–Crippen MR) is 40.7 cm³/mol. The maximum atomic E-state index is 10.5. The van der Waals surface area contributed by atoms with E-state index < -0.39 is 12.1 Å². The van der Waals surface area contributed by atoms with Crippen molar-refractivity contribution < 1.29 is 14.6 Å². The fourth-order valence-electron chi connectivity index (χ4n) is 0.438. The molecule has 1 atom stereocenters. The minimum atomic E-state index is -0.534. The zero-order valence-electron chi connectivity index (χ0n) is 6.76. The fraction of sp³-hybridized carbons (Fsp3) is 0.625. The Balaban J connectivity index is 3.60. The van der Waals surface area contributed by atoms with Crippen LogP contribution >= 0.6 is 0 Å². The van der Waals surface area contributed by atoms with Gasteiger partial charge in [0.1, 0.15) is 0 Å². The second-order valence-corrected chi connectivity index (χ2v) is 2.08. The monoisotopic (exact) mass is 156 g/mol. The molecule has 11 heavy (non-hydrogen) atoms. The van der Waals surface area contributed by atoms with Gasteiger partial charge in [-0.3, -0.25) is 0 Å². The largest absolute Gasteiger partial charge is 0.456 e. The molecule has 0 aliphatic rings. The topological polar surface area (TPSA) is 46.5 Å². The summed E-state index contributed by atoms with van der Waals surface area (Å²) in [6, 6.07) is 0. The number of aliphatic hydroxyl groups excluding tert-OH is 1. The van der Waals surface area contributed by atoms with Gasteiger partial charge in [0.15, 0.2) is 0 Å². The average molecular weight is 156 g/mol. The Hall–Kier alpha value is -1.01. The molecule has 0 aromatic heterocycles. The van der Waals surface area contributed by atoms with Crippen molar-refractivity contribution in [1.82, 2.24) is 0 Å². The lowest BCUT2D eigenvalue weighted by atomic mass is 10.3. The van der Waals surface area contributed by atoms with Crippen LogP contribution in [0.3, 0.4) is 0 Å². The van der Waals surface area contributed by atoms with Gasteiger partial charge < -0.3 is 9.84 Å². The van der Waals surface area contributed by atoms with E-state index in [0.717, 1.165) is 0 Å². The van der Waals surface area contributed by atoms with Crippen LogP contribution < -0.4 is 0 Å². The van der Waals surface area contributed by atoms with E-state index >= 15 is 0 Å². The van der Waals surface area contributed by atoms with Crippen LogP contribution in [0.1, 0.15) is 20.3 Å². The molecule has 0 aliphatic carbocycles. The first kappa shape index (κ1) is 9.99. The van der Waals surface area contributed by atoms with Gasteiger partial charge in [0, 0.05) is 12.3 Å². The number of hydrogen-bond donors (Lipinski definition) is 1. The van der Waals surface area contributed by atoms with Crippen molar-refractivity contribution in [3.05, 3.63) is 0 Å². The van der Waals surface area contributed by atoms with Crippen LogP contribution in [0.15, 0.2) is 0 Å². The molecule has 0 saturated heterocycles. The van der Waals surface area contributed by atoms with E-state index in [1.54, 1.807) is 13.8 Å². The minimum absolute atomic E-state index is 0.304. The lowest BCUT2D eigenvalue weighted by Crippen LogP contribution is -2.01. The highest BCUT2D eigenvalue weighted by Crippen LogP contribution is 1.85. The predicted octanol–water partition coefficient (Wildman–Crippen LogP) is 0.324. The minimum Gasteiger partial charge on any atom is -0.456 e. The van der Waals surface area contributed by atoms with Crippen molar-refractivity contribution >= 4 is 5.97 Å². The van der Waals surface area contributed by atoms with Gasteiger partial charge in [-0.15, -0.1) is 0 Å². The quantitative estimate of drug-likeness (QED) is 0.356. The molecular weight excluding hydrogens is 144 g/mol. The third kappa shape index (κ3) is 6.88. The summed E-state index contributed by atoms with van der Waals surface area (Å²) in [7, 11) is 0. The van der Waals surface area contributed by atoms with Crippen LogP contribution in [0, 0.1) is 11.8 Å². The van der Waals surface area contributed by atoms with Gasteiger partial charge >= 0.3 is 5.97 Å². The van der Waals surface area contributed by atoms with E-state index in [2.05, 4.69) is 16.6 Å². The third-order valence-corrected chi connectivity index (χ3v) is 0.863. The van der Waals surface area contributed by atoms with Crippen molar-refractivity contribution in [1.29, 1.82) is 0 Å². The molecule has 0 heterocycles. The summed E-state index contributed by atoms with van der Waals surface area (Å²) in [5.41, 5.74) is 0. The number of carbonyl (C=O) groups excluding carboxylic acids is 1. The second-order valence-electron chi connectivity index (χ2n) is 2.08. The zero-order chi connectivity index (χ0) is 8.69. The van der Waals surface area contributed by atoms with E-state index in [9.17, 15) is 4.79 Å². The summed E-state index contributed by atoms with van der Waals surface area (Å²) in [4.78, 5) is 10.5. The Morgan fingerprint density at radius 1 is 1.73 bits per heavy atom. The first-order chi connectivity index (χ1) is 5.16. The SMILES string of the molecule is CCOC(=O)C#CC[C@H](C)O. The second kappa shape index (κ2) is 5.75. The standard InChI is InChI=1S/C8H12O3/c1-3-11-8(10)6-4-5-7(2)9/h7,9H,3,5H2,1-2H3/t7-/m0/s1. The molecule has 0 radical (unpaired) electrons. The van der Waals surface area contributed by atoms with Crippen molar-refractivity contribution in [3.63, 3.8) is 0 Å². The Morgan fingerprint density at radius 2 is 2.36 bits per heavy atom. The molecule has 1 N–H and O–H groups in total. The van der Waals surface area contributed by atoms with E-state index in [1.807, 2.05) is 0 Å². The number of aliphatic hydroxyl groups is 1. The molecule has 0 saturated carbocycles. The number of rotatable bonds is 2. The maximum Gasteiger partial charge on any atom is 0.384 e. The van der Waals surface area contributed by atoms with Crippen LogP contribution in [-0.2, 0) is 9.53 Å². The molecular formula is C8H12O3. The van der Waals surface area contributed by atoms with Gasteiger partial charge in [0.05, 0.1) is 12.7 Å². The molecule has 0 fully saturated rings. The van der Waals surface area contributed by atoms with E-state index in [4.69, 9.17) is 5.11 Å². The molecule has 0 aliphatic heterocycles. The summed E-state index contributed by atoms with van der Waals surface area (Å²) >= 11 is 0. The highest BCUT2D eigenvalue weighted by molar-refractivity contribution is 5.88. The lowest BCUT2D eigenvalue weighted by molar-refractivity contribution is -0.136. The summed E-state index contributed by atoms with van der Waals surface area (Å²) in [5, 5.41) is 8.74. The van der Waals surface area contributed by atoms with Crippen molar-refractivity contribution in [3.8, 4) is 11.8 Å². The molecule has 0 rings (SSSR count). The average Bonchev–Trinajstić information content (AvgIpc) is 1.87. The summed E-state index contributed by atoms with van der Waals surface area (Å²) in [6.07, 6.45) is -0.185. The lowest BCUT2D eigenvalue weighted by Gasteiger charge is -1.93. The summed E-state index contributed by atoms with van der Waals surface area (Å²) in [6.45, 7) is 3.66. The third-order valence-electron chi connectivity index (χ3n) is 0.863. The molecule has 0 unspecified atom stereocenters. The van der Waals surface area contributed by atoms with Gasteiger partial charge in [-0.2, -0.15) is 0 Å². The van der Waals surface area contributed by atoms with Gasteiger partial charge in [-0.25, -0.2) is 4.79 Å². The number of ether oxygens (including phenoxy) is 1. The fourth-order valence-corrected chi connectivity index (χ4v) is 0.438. The highest BCUT2D eigenvalue weighted by Gasteiger charge is 1.93. The molecule has 0 bridgehead atoms. The number of hydrogen-bond acceptors (Lipinski definition) is 3. The van der Waals surface area contributed by atoms with Crippen molar-refractivity contribution in [2.45, 2.75) is 26.4 Å². The molecule has 3 nitrogen and oxygen atoms in total. The Kier molecular flexibility index (Phi) is 5.22. The highest BCUT2D eigenvalue weighted by atomic mass is 16.5. The summed E-state index contributed by atoms with van der Waals surface area (Å²) < 4.78 is 4.53. The first-order valence-corrected chi connectivity index (χ1v) is 3.50. The van der Waals surface area contributed by atoms with Crippen LogP contribution in [-0.4, -0.2) is 23.8 Å². The number of esters is 1. The van der Waals surface area contributed by atoms with Crippen LogP contribution in [0.4, 0.5) is 0 Å². The summed E-state index contributed by atoms with van der Waals surface area (Å²) in [5.74, 6) is 4.20. The van der Waals surface area contributed by atoms with Gasteiger partial charge in [-0.05, 0) is 13.8 Å². The molecule has 0 aromatic carbocycles. The first-order valence-electron chi connectivity index (χ1n) is 3.50. The zero-order valence-corrected chi connectivity index (χ0v) is 6.76. The molecule has 3 heteroatoms. The van der Waals surface area contributed by atoms with E-state index in [0.29, 0.717) is 13.0 Å². The van der Waals surface area contributed by atoms with E-state index in [1.165, 1.54) is 0 Å². The molecule has 0 aromatic rings.